The molecule has 0 atom stereocenters. The van der Waals surface area contributed by atoms with Crippen molar-refractivity contribution in [1.82, 2.24) is 24.9 Å². The normalized spacial score (nSPS) is 11.7. The molecule has 0 bridgehead atoms. The number of nitrogens with one attached hydrogen (secondary N) is 1. The van der Waals surface area contributed by atoms with E-state index in [1.54, 1.807) is 26.0 Å². The number of hydrogen-bond acceptors (Lipinski definition) is 7. The average Bonchev–Trinajstić information content (AvgIpc) is 2.67. The van der Waals surface area contributed by atoms with Gasteiger partial charge >= 0.3 is 6.18 Å². The Bertz CT molecular complexity index is 1090. The van der Waals surface area contributed by atoms with E-state index < -0.39 is 17.4 Å². The third kappa shape index (κ3) is 4.55. The number of alkyl halides is 3. The summed E-state index contributed by atoms with van der Waals surface area (Å²) in [6.07, 6.45) is -3.08. The number of aromatic nitrogens is 5. The highest BCUT2D eigenvalue weighted by Crippen LogP contribution is 2.29. The quantitative estimate of drug-likeness (QED) is 0.641. The van der Waals surface area contributed by atoms with E-state index in [4.69, 9.17) is 12.3 Å². The monoisotopic (exact) mass is 400 g/mol. The third-order valence-electron chi connectivity index (χ3n) is 3.84. The van der Waals surface area contributed by atoms with Crippen LogP contribution in [0.2, 0.25) is 0 Å². The van der Waals surface area contributed by atoms with Crippen molar-refractivity contribution < 1.29 is 13.2 Å². The number of nitrogens with two attached hydrogens (primary N) is 1. The molecule has 11 heteroatoms. The maximum atomic E-state index is 12.9. The number of hydrogen-bond donors (Lipinski definition) is 2. The molecule has 0 fully saturated rings. The molecule has 29 heavy (non-hydrogen) atoms. The summed E-state index contributed by atoms with van der Waals surface area (Å²) in [6, 6.07) is 6.69. The van der Waals surface area contributed by atoms with Crippen molar-refractivity contribution in [3.63, 3.8) is 0 Å². The fourth-order valence-corrected chi connectivity index (χ4v) is 2.31. The van der Waals surface area contributed by atoms with Crippen LogP contribution in [0, 0.1) is 6.57 Å². The fraction of sp³-hybridized carbons (Fsp3) is 0.222. The Kier molecular flexibility index (Phi) is 5.02. The maximum absolute atomic E-state index is 12.9. The molecule has 3 N–H and O–H groups in total. The molecule has 3 aromatic rings. The van der Waals surface area contributed by atoms with E-state index in [9.17, 15) is 13.2 Å². The van der Waals surface area contributed by atoms with E-state index in [0.29, 0.717) is 11.4 Å². The Morgan fingerprint density at radius 2 is 1.79 bits per heavy atom. The van der Waals surface area contributed by atoms with Gasteiger partial charge in [0.15, 0.2) is 5.82 Å². The van der Waals surface area contributed by atoms with E-state index >= 15 is 0 Å². The molecule has 3 aromatic heterocycles. The number of nitrogen functional groups attached to an aromatic ring is 1. The van der Waals surface area contributed by atoms with Crippen LogP contribution in [0.5, 0.6) is 0 Å². The summed E-state index contributed by atoms with van der Waals surface area (Å²) in [5.74, 6) is -0.279. The average molecular weight is 400 g/mol. The molecule has 0 amide bonds. The summed E-state index contributed by atoms with van der Waals surface area (Å²) >= 11 is 0. The Morgan fingerprint density at radius 1 is 1.03 bits per heavy atom. The summed E-state index contributed by atoms with van der Waals surface area (Å²) in [5, 5.41) is 2.90. The Hall–Kier alpha value is -3.81. The minimum atomic E-state index is -4.60. The van der Waals surface area contributed by atoms with Gasteiger partial charge in [-0.3, -0.25) is 4.98 Å². The second-order valence-corrected chi connectivity index (χ2v) is 6.47. The zero-order valence-electron chi connectivity index (χ0n) is 15.4. The first-order chi connectivity index (χ1) is 13.6. The molecule has 0 aliphatic heterocycles. The van der Waals surface area contributed by atoms with Gasteiger partial charge in [-0.15, -0.1) is 0 Å². The van der Waals surface area contributed by atoms with Gasteiger partial charge in [0, 0.05) is 25.7 Å². The third-order valence-corrected chi connectivity index (χ3v) is 3.84. The highest BCUT2D eigenvalue weighted by atomic mass is 19.4. The first-order valence-electron chi connectivity index (χ1n) is 8.27. The number of halogens is 3. The number of nitrogens with zero attached hydrogens (tertiary/aromatic N) is 6. The molecule has 0 unspecified atom stereocenters. The van der Waals surface area contributed by atoms with Crippen LogP contribution >= 0.6 is 0 Å². The maximum Gasteiger partial charge on any atom is 0.433 e. The van der Waals surface area contributed by atoms with Gasteiger partial charge < -0.3 is 15.9 Å². The molecular formula is C18H15F3N8. The molecule has 8 nitrogen and oxygen atoms in total. The minimum absolute atomic E-state index is 0.0180. The molecule has 0 saturated heterocycles. The predicted octanol–water partition coefficient (Wildman–Crippen LogP) is 3.83. The molecule has 3 heterocycles. The van der Waals surface area contributed by atoms with Crippen LogP contribution in [0.25, 0.3) is 16.4 Å². The smallest absolute Gasteiger partial charge is 0.368 e. The van der Waals surface area contributed by atoms with Crippen molar-refractivity contribution in [2.45, 2.75) is 25.6 Å². The minimum Gasteiger partial charge on any atom is -0.368 e. The lowest BCUT2D eigenvalue weighted by molar-refractivity contribution is -0.141. The number of rotatable bonds is 4. The molecule has 0 saturated carbocycles. The summed E-state index contributed by atoms with van der Waals surface area (Å²) in [6.45, 7) is 10.7. The Labute approximate surface area is 163 Å². The lowest BCUT2D eigenvalue weighted by Crippen LogP contribution is -2.14. The van der Waals surface area contributed by atoms with Gasteiger partial charge in [-0.1, -0.05) is 6.07 Å². The van der Waals surface area contributed by atoms with E-state index in [2.05, 4.69) is 35.1 Å². The molecule has 0 aliphatic rings. The van der Waals surface area contributed by atoms with Crippen molar-refractivity contribution in [2.75, 3.05) is 11.1 Å². The van der Waals surface area contributed by atoms with Crippen molar-refractivity contribution in [1.29, 1.82) is 0 Å². The molecule has 3 rings (SSSR count). The van der Waals surface area contributed by atoms with Gasteiger partial charge in [0.1, 0.15) is 17.1 Å². The summed E-state index contributed by atoms with van der Waals surface area (Å²) in [5.41, 5.74) is 4.75. The molecule has 0 aliphatic carbocycles. The van der Waals surface area contributed by atoms with Crippen LogP contribution in [0.15, 0.2) is 36.5 Å². The second kappa shape index (κ2) is 7.31. The lowest BCUT2D eigenvalue weighted by atomic mass is 10.0. The van der Waals surface area contributed by atoms with Crippen LogP contribution in [0.1, 0.15) is 25.2 Å². The van der Waals surface area contributed by atoms with Gasteiger partial charge in [-0.2, -0.15) is 28.1 Å². The van der Waals surface area contributed by atoms with Crippen LogP contribution in [0.3, 0.4) is 0 Å². The molecule has 148 valence electrons. The van der Waals surface area contributed by atoms with Crippen molar-refractivity contribution >= 4 is 17.6 Å². The van der Waals surface area contributed by atoms with Crippen LogP contribution < -0.4 is 11.1 Å². The van der Waals surface area contributed by atoms with Gasteiger partial charge in [0.05, 0.1) is 0 Å². The van der Waals surface area contributed by atoms with E-state index in [1.165, 1.54) is 18.3 Å². The van der Waals surface area contributed by atoms with Gasteiger partial charge in [0.2, 0.25) is 11.9 Å². The Balaban J connectivity index is 1.95. The SMILES string of the molecule is [C-]#[N+]C(C)(C)c1cc(Nc2nc(N)nc(-c3cccc(C(F)(F)F)n3)n2)ccn1. The lowest BCUT2D eigenvalue weighted by Gasteiger charge is -2.12. The molecule has 0 spiro atoms. The number of pyridine rings is 2. The molecule has 0 aromatic carbocycles. The number of anilines is 3. The predicted molar refractivity (Wildman–Crippen MR) is 99.6 cm³/mol. The van der Waals surface area contributed by atoms with Crippen molar-refractivity contribution in [3.8, 4) is 11.5 Å². The highest BCUT2D eigenvalue weighted by Gasteiger charge is 2.32. The first kappa shape index (κ1) is 19.9. The van der Waals surface area contributed by atoms with Gasteiger partial charge in [-0.25, -0.2) is 11.6 Å². The Morgan fingerprint density at radius 3 is 2.48 bits per heavy atom. The summed E-state index contributed by atoms with van der Waals surface area (Å²) < 4.78 is 38.7. The largest absolute Gasteiger partial charge is 0.433 e. The van der Waals surface area contributed by atoms with E-state index in [0.717, 1.165) is 6.07 Å². The first-order valence-corrected chi connectivity index (χ1v) is 8.27. The second-order valence-electron chi connectivity index (χ2n) is 6.47. The zero-order chi connectivity index (χ0) is 21.2. The highest BCUT2D eigenvalue weighted by molar-refractivity contribution is 5.58. The van der Waals surface area contributed by atoms with E-state index in [-0.39, 0.29) is 23.4 Å². The topological polar surface area (TPSA) is 107 Å². The van der Waals surface area contributed by atoms with Crippen LogP contribution in [-0.4, -0.2) is 24.9 Å². The van der Waals surface area contributed by atoms with Crippen molar-refractivity contribution in [2.24, 2.45) is 0 Å². The summed E-state index contributed by atoms with van der Waals surface area (Å²) in [4.78, 5) is 23.2. The van der Waals surface area contributed by atoms with Gasteiger partial charge in [-0.05, 0) is 24.3 Å². The van der Waals surface area contributed by atoms with Crippen LogP contribution in [-0.2, 0) is 11.7 Å². The standard InChI is InChI=1S/C18H15F3N8/c1-17(2,23-3)13-9-10(7-8-24-13)25-16-28-14(27-15(22)29-16)11-5-4-6-12(26-11)18(19,20)21/h4-9H,1-2H3,(H3,22,24,25,27,28,29). The zero-order valence-corrected chi connectivity index (χ0v) is 15.4. The van der Waals surface area contributed by atoms with Crippen molar-refractivity contribution in [3.05, 3.63) is 59.3 Å². The molecule has 0 radical (unpaired) electrons. The van der Waals surface area contributed by atoms with Gasteiger partial charge in [0.25, 0.3) is 5.54 Å². The fourth-order valence-electron chi connectivity index (χ4n) is 2.31. The van der Waals surface area contributed by atoms with Crippen LogP contribution in [0.4, 0.5) is 30.8 Å². The summed E-state index contributed by atoms with van der Waals surface area (Å²) in [7, 11) is 0. The molecular weight excluding hydrogens is 385 g/mol. The van der Waals surface area contributed by atoms with E-state index in [1.807, 2.05) is 0 Å².